The molecular weight excluding hydrogens is 232 g/mol. The van der Waals surface area contributed by atoms with Crippen LogP contribution in [0, 0.1) is 17.8 Å². The molecule has 1 saturated carbocycles. The van der Waals surface area contributed by atoms with E-state index in [2.05, 4.69) is 31.0 Å². The van der Waals surface area contributed by atoms with Crippen LogP contribution in [0.3, 0.4) is 0 Å². The predicted molar refractivity (Wildman–Crippen MR) is 83.4 cm³/mol. The third-order valence-corrected chi connectivity index (χ3v) is 5.27. The summed E-state index contributed by atoms with van der Waals surface area (Å²) in [6.45, 7) is 12.4. The third-order valence-electron chi connectivity index (χ3n) is 5.27. The van der Waals surface area contributed by atoms with Crippen molar-refractivity contribution in [3.05, 3.63) is 0 Å². The smallest absolute Gasteiger partial charge is 0.0108 e. The summed E-state index contributed by atoms with van der Waals surface area (Å²) in [5.41, 5.74) is 0. The summed E-state index contributed by atoms with van der Waals surface area (Å²) >= 11 is 0. The zero-order valence-electron chi connectivity index (χ0n) is 13.3. The van der Waals surface area contributed by atoms with E-state index in [1.54, 1.807) is 0 Å². The third kappa shape index (κ3) is 4.75. The Labute approximate surface area is 120 Å². The molecule has 3 atom stereocenters. The molecule has 112 valence electrons. The predicted octanol–water partition coefficient (Wildman–Crippen LogP) is 3.52. The first kappa shape index (κ1) is 15.3. The molecule has 2 aliphatic rings. The van der Waals surface area contributed by atoms with Crippen molar-refractivity contribution in [3.63, 3.8) is 0 Å². The Morgan fingerprint density at radius 2 is 1.74 bits per heavy atom. The van der Waals surface area contributed by atoms with Crippen LogP contribution in [0.2, 0.25) is 0 Å². The number of nitrogens with one attached hydrogen (secondary N) is 1. The monoisotopic (exact) mass is 266 g/mol. The number of nitrogens with zero attached hydrogens (tertiary/aromatic N) is 1. The molecule has 3 unspecified atom stereocenters. The minimum atomic E-state index is 0.787. The van der Waals surface area contributed by atoms with Crippen LogP contribution in [-0.4, -0.2) is 37.1 Å². The van der Waals surface area contributed by atoms with Crippen LogP contribution in [0.1, 0.15) is 59.3 Å². The number of likely N-dealkylation sites (tertiary alicyclic amines) is 1. The van der Waals surface area contributed by atoms with Gasteiger partial charge in [-0.25, -0.2) is 0 Å². The average Bonchev–Trinajstić information content (AvgIpc) is 2.40. The second-order valence-electron chi connectivity index (χ2n) is 7.22. The summed E-state index contributed by atoms with van der Waals surface area (Å²) in [4.78, 5) is 2.74. The van der Waals surface area contributed by atoms with Gasteiger partial charge in [0.2, 0.25) is 0 Å². The van der Waals surface area contributed by atoms with Gasteiger partial charge in [0.15, 0.2) is 0 Å². The van der Waals surface area contributed by atoms with E-state index in [1.807, 2.05) is 0 Å². The fourth-order valence-corrected chi connectivity index (χ4v) is 3.88. The molecule has 19 heavy (non-hydrogen) atoms. The van der Waals surface area contributed by atoms with E-state index < -0.39 is 0 Å². The molecule has 2 rings (SSSR count). The van der Waals surface area contributed by atoms with Crippen molar-refractivity contribution in [1.82, 2.24) is 10.2 Å². The van der Waals surface area contributed by atoms with Crippen molar-refractivity contribution >= 4 is 0 Å². The van der Waals surface area contributed by atoms with E-state index in [0.717, 1.165) is 23.8 Å². The zero-order chi connectivity index (χ0) is 13.7. The highest BCUT2D eigenvalue weighted by Gasteiger charge is 2.30. The normalized spacial score (nSPS) is 34.6. The van der Waals surface area contributed by atoms with Crippen LogP contribution in [0.5, 0.6) is 0 Å². The van der Waals surface area contributed by atoms with E-state index in [1.165, 1.54) is 64.7 Å². The first-order valence-corrected chi connectivity index (χ1v) is 8.64. The first-order valence-electron chi connectivity index (χ1n) is 8.64. The van der Waals surface area contributed by atoms with Crippen LogP contribution in [-0.2, 0) is 0 Å². The minimum absolute atomic E-state index is 0.787. The number of rotatable bonds is 5. The van der Waals surface area contributed by atoms with E-state index in [0.29, 0.717) is 0 Å². The van der Waals surface area contributed by atoms with E-state index in [-0.39, 0.29) is 0 Å². The average molecular weight is 266 g/mol. The van der Waals surface area contributed by atoms with Gasteiger partial charge in [0.25, 0.3) is 0 Å². The minimum Gasteiger partial charge on any atom is -0.314 e. The van der Waals surface area contributed by atoms with Gasteiger partial charge in [-0.1, -0.05) is 20.8 Å². The Morgan fingerprint density at radius 3 is 2.42 bits per heavy atom. The van der Waals surface area contributed by atoms with E-state index in [9.17, 15) is 0 Å². The summed E-state index contributed by atoms with van der Waals surface area (Å²) in [7, 11) is 0. The van der Waals surface area contributed by atoms with Gasteiger partial charge in [-0.3, -0.25) is 0 Å². The summed E-state index contributed by atoms with van der Waals surface area (Å²) < 4.78 is 0. The molecule has 2 heteroatoms. The molecule has 0 amide bonds. The number of hydrogen-bond acceptors (Lipinski definition) is 2. The van der Waals surface area contributed by atoms with E-state index in [4.69, 9.17) is 0 Å². The van der Waals surface area contributed by atoms with Crippen LogP contribution in [0.4, 0.5) is 0 Å². The van der Waals surface area contributed by atoms with Crippen molar-refractivity contribution in [2.75, 3.05) is 26.2 Å². The van der Waals surface area contributed by atoms with Gasteiger partial charge in [0, 0.05) is 12.6 Å². The molecule has 1 saturated heterocycles. The molecule has 0 aromatic rings. The maximum Gasteiger partial charge on any atom is 0.0108 e. The Kier molecular flexibility index (Phi) is 6.15. The summed E-state index contributed by atoms with van der Waals surface area (Å²) in [5.74, 6) is 2.78. The summed E-state index contributed by atoms with van der Waals surface area (Å²) in [6.07, 6.45) is 8.35. The molecule has 1 heterocycles. The Bertz CT molecular complexity index is 244. The lowest BCUT2D eigenvalue weighted by molar-refractivity contribution is 0.117. The van der Waals surface area contributed by atoms with Gasteiger partial charge >= 0.3 is 0 Å². The van der Waals surface area contributed by atoms with Gasteiger partial charge in [0.1, 0.15) is 0 Å². The van der Waals surface area contributed by atoms with Crippen molar-refractivity contribution in [2.24, 2.45) is 17.8 Å². The van der Waals surface area contributed by atoms with Crippen molar-refractivity contribution in [2.45, 2.75) is 65.3 Å². The second-order valence-corrected chi connectivity index (χ2v) is 7.22. The van der Waals surface area contributed by atoms with Gasteiger partial charge < -0.3 is 10.2 Å². The largest absolute Gasteiger partial charge is 0.314 e. The SMILES string of the molecule is CCCNC1CCC(C)CC1CN1CCC(C)CC1. The summed E-state index contributed by atoms with van der Waals surface area (Å²) in [5, 5.41) is 3.81. The van der Waals surface area contributed by atoms with Crippen LogP contribution < -0.4 is 5.32 Å². The lowest BCUT2D eigenvalue weighted by Gasteiger charge is -2.40. The Balaban J connectivity index is 1.82. The van der Waals surface area contributed by atoms with Crippen LogP contribution >= 0.6 is 0 Å². The highest BCUT2D eigenvalue weighted by molar-refractivity contribution is 4.86. The van der Waals surface area contributed by atoms with Crippen LogP contribution in [0.15, 0.2) is 0 Å². The molecular formula is C17H34N2. The van der Waals surface area contributed by atoms with Crippen LogP contribution in [0.25, 0.3) is 0 Å². The maximum atomic E-state index is 3.81. The highest BCUT2D eigenvalue weighted by Crippen LogP contribution is 2.30. The lowest BCUT2D eigenvalue weighted by atomic mass is 9.78. The molecule has 0 bridgehead atoms. The van der Waals surface area contributed by atoms with Crippen molar-refractivity contribution in [3.8, 4) is 0 Å². The second kappa shape index (κ2) is 7.64. The van der Waals surface area contributed by atoms with Gasteiger partial charge in [-0.05, 0) is 75.9 Å². The molecule has 1 aliphatic heterocycles. The standard InChI is InChI=1S/C17H34N2/c1-4-9-18-17-6-5-15(3)12-16(17)13-19-10-7-14(2)8-11-19/h14-18H,4-13H2,1-3H3. The van der Waals surface area contributed by atoms with Crippen molar-refractivity contribution in [1.29, 1.82) is 0 Å². The maximum absolute atomic E-state index is 3.81. The molecule has 0 aromatic heterocycles. The molecule has 1 aliphatic carbocycles. The summed E-state index contributed by atoms with van der Waals surface area (Å²) in [6, 6.07) is 0.787. The van der Waals surface area contributed by atoms with Gasteiger partial charge in [0.05, 0.1) is 0 Å². The molecule has 2 nitrogen and oxygen atoms in total. The fraction of sp³-hybridized carbons (Fsp3) is 1.00. The Morgan fingerprint density at radius 1 is 1.00 bits per heavy atom. The van der Waals surface area contributed by atoms with Crippen molar-refractivity contribution < 1.29 is 0 Å². The number of hydrogen-bond donors (Lipinski definition) is 1. The molecule has 0 radical (unpaired) electrons. The van der Waals surface area contributed by atoms with Gasteiger partial charge in [-0.15, -0.1) is 0 Å². The quantitative estimate of drug-likeness (QED) is 0.819. The lowest BCUT2D eigenvalue weighted by Crippen LogP contribution is -2.47. The molecule has 0 spiro atoms. The number of piperidine rings is 1. The first-order chi connectivity index (χ1) is 9.19. The zero-order valence-corrected chi connectivity index (χ0v) is 13.3. The van der Waals surface area contributed by atoms with E-state index >= 15 is 0 Å². The van der Waals surface area contributed by atoms with Gasteiger partial charge in [-0.2, -0.15) is 0 Å². The topological polar surface area (TPSA) is 15.3 Å². The fourth-order valence-electron chi connectivity index (χ4n) is 3.88. The molecule has 2 fully saturated rings. The molecule has 0 aromatic carbocycles. The Hall–Kier alpha value is -0.0800. The molecule has 1 N–H and O–H groups in total. The highest BCUT2D eigenvalue weighted by atomic mass is 15.1.